The van der Waals surface area contributed by atoms with Crippen molar-refractivity contribution < 1.29 is 14.6 Å². The Bertz CT molecular complexity index is 701. The number of nitrogens with zero attached hydrogens (tertiary/aromatic N) is 2. The first-order chi connectivity index (χ1) is 10.6. The minimum atomic E-state index is -0.301. The predicted molar refractivity (Wildman–Crippen MR) is 83.8 cm³/mol. The zero-order chi connectivity index (χ0) is 15.7. The number of ether oxygens (including phenoxy) is 1. The minimum Gasteiger partial charge on any atom is -0.394 e. The number of pyridine rings is 1. The second-order valence-electron chi connectivity index (χ2n) is 5.80. The van der Waals surface area contributed by atoms with Crippen LogP contribution in [-0.2, 0) is 4.74 Å². The van der Waals surface area contributed by atoms with Gasteiger partial charge in [0.1, 0.15) is 0 Å². The van der Waals surface area contributed by atoms with E-state index in [2.05, 4.69) is 4.98 Å². The van der Waals surface area contributed by atoms with Crippen molar-refractivity contribution in [2.24, 2.45) is 0 Å². The number of hydrogen-bond donors (Lipinski definition) is 1. The first-order valence-corrected chi connectivity index (χ1v) is 7.49. The molecule has 2 heterocycles. The van der Waals surface area contributed by atoms with E-state index in [4.69, 9.17) is 4.74 Å². The van der Waals surface area contributed by atoms with Gasteiger partial charge in [-0.3, -0.25) is 9.78 Å². The monoisotopic (exact) mass is 300 g/mol. The molecule has 0 radical (unpaired) electrons. The maximum absolute atomic E-state index is 12.8. The molecule has 1 fully saturated rings. The van der Waals surface area contributed by atoms with Gasteiger partial charge in [0.15, 0.2) is 0 Å². The average Bonchev–Trinajstić information content (AvgIpc) is 2.54. The molecular formula is C17H20N2O3. The molecule has 1 amide bonds. The molecule has 1 aliphatic heterocycles. The second-order valence-corrected chi connectivity index (χ2v) is 5.80. The Hall–Kier alpha value is -1.98. The summed E-state index contributed by atoms with van der Waals surface area (Å²) in [6.45, 7) is 4.70. The second kappa shape index (κ2) is 6.02. The summed E-state index contributed by atoms with van der Waals surface area (Å²) < 4.78 is 5.49. The lowest BCUT2D eigenvalue weighted by atomic mass is 10.1. The zero-order valence-corrected chi connectivity index (χ0v) is 12.8. The first-order valence-electron chi connectivity index (χ1n) is 7.49. The molecule has 2 atom stereocenters. The molecule has 5 heteroatoms. The normalized spacial score (nSPS) is 22.0. The van der Waals surface area contributed by atoms with E-state index >= 15 is 0 Å². The highest BCUT2D eigenvalue weighted by molar-refractivity contribution is 5.98. The van der Waals surface area contributed by atoms with Crippen molar-refractivity contribution in [1.82, 2.24) is 9.88 Å². The van der Waals surface area contributed by atoms with E-state index in [-0.39, 0.29) is 24.7 Å². The molecule has 1 saturated heterocycles. The first kappa shape index (κ1) is 14.9. The summed E-state index contributed by atoms with van der Waals surface area (Å²) in [6.07, 6.45) is -0.301. The Labute approximate surface area is 129 Å². The molecule has 3 rings (SSSR count). The number of aryl methyl sites for hydroxylation is 1. The summed E-state index contributed by atoms with van der Waals surface area (Å²) in [6, 6.07) is 9.49. The quantitative estimate of drug-likeness (QED) is 0.918. The standard InChI is InChI=1S/C17H20N2O3/c1-11-3-4-13-7-14(5-6-16(13)18-11)17(21)19-8-15(9-20)22-10-12(19)2/h3-7,12,15,20H,8-10H2,1-2H3/t12-,15-/m0/s1. The number of benzene rings is 1. The van der Waals surface area contributed by atoms with Gasteiger partial charge in [-0.05, 0) is 38.1 Å². The number of aliphatic hydroxyl groups is 1. The van der Waals surface area contributed by atoms with Crippen LogP contribution in [0.4, 0.5) is 0 Å². The molecule has 0 aliphatic carbocycles. The Kier molecular flexibility index (Phi) is 4.09. The molecule has 0 bridgehead atoms. The minimum absolute atomic E-state index is 0.00198. The Morgan fingerprint density at radius 1 is 1.41 bits per heavy atom. The fraction of sp³-hybridized carbons (Fsp3) is 0.412. The van der Waals surface area contributed by atoms with Gasteiger partial charge in [-0.15, -0.1) is 0 Å². The average molecular weight is 300 g/mol. The number of carbonyl (C=O) groups excluding carboxylic acids is 1. The van der Waals surface area contributed by atoms with E-state index in [0.717, 1.165) is 16.6 Å². The molecule has 0 spiro atoms. The third kappa shape index (κ3) is 2.82. The van der Waals surface area contributed by atoms with Gasteiger partial charge in [0, 0.05) is 23.2 Å². The molecule has 116 valence electrons. The molecule has 0 unspecified atom stereocenters. The predicted octanol–water partition coefficient (Wildman–Crippen LogP) is 1.77. The smallest absolute Gasteiger partial charge is 0.254 e. The molecule has 0 saturated carbocycles. The number of aromatic nitrogens is 1. The van der Waals surface area contributed by atoms with E-state index in [9.17, 15) is 9.90 Å². The van der Waals surface area contributed by atoms with Gasteiger partial charge >= 0.3 is 0 Å². The van der Waals surface area contributed by atoms with Crippen molar-refractivity contribution in [3.63, 3.8) is 0 Å². The number of aliphatic hydroxyl groups excluding tert-OH is 1. The van der Waals surface area contributed by atoms with Crippen LogP contribution < -0.4 is 0 Å². The summed E-state index contributed by atoms with van der Waals surface area (Å²) in [5, 5.41) is 10.2. The number of fused-ring (bicyclic) bond motifs is 1. The molecule has 22 heavy (non-hydrogen) atoms. The van der Waals surface area contributed by atoms with Gasteiger partial charge in [-0.2, -0.15) is 0 Å². The van der Waals surface area contributed by atoms with Crippen molar-refractivity contribution >= 4 is 16.8 Å². The van der Waals surface area contributed by atoms with Crippen LogP contribution in [0.5, 0.6) is 0 Å². The van der Waals surface area contributed by atoms with Crippen LogP contribution in [0.2, 0.25) is 0 Å². The van der Waals surface area contributed by atoms with Crippen molar-refractivity contribution in [2.75, 3.05) is 19.8 Å². The molecule has 1 N–H and O–H groups in total. The van der Waals surface area contributed by atoms with Gasteiger partial charge in [-0.1, -0.05) is 6.07 Å². The highest BCUT2D eigenvalue weighted by Gasteiger charge is 2.29. The van der Waals surface area contributed by atoms with Crippen molar-refractivity contribution in [3.05, 3.63) is 41.6 Å². The van der Waals surface area contributed by atoms with E-state index < -0.39 is 0 Å². The Balaban J connectivity index is 1.89. The fourth-order valence-corrected chi connectivity index (χ4v) is 2.74. The number of hydrogen-bond acceptors (Lipinski definition) is 4. The maximum atomic E-state index is 12.8. The van der Waals surface area contributed by atoms with Crippen LogP contribution in [-0.4, -0.2) is 52.8 Å². The van der Waals surface area contributed by atoms with E-state index in [1.165, 1.54) is 0 Å². The highest BCUT2D eigenvalue weighted by atomic mass is 16.5. The van der Waals surface area contributed by atoms with Crippen LogP contribution in [0, 0.1) is 6.92 Å². The Morgan fingerprint density at radius 3 is 3.00 bits per heavy atom. The third-order valence-corrected chi connectivity index (χ3v) is 4.05. The van der Waals surface area contributed by atoms with Gasteiger partial charge < -0.3 is 14.7 Å². The number of amides is 1. The van der Waals surface area contributed by atoms with Gasteiger partial charge in [0.05, 0.1) is 30.9 Å². The SMILES string of the molecule is Cc1ccc2cc(C(=O)N3C[C@@H](CO)OC[C@@H]3C)ccc2n1. The topological polar surface area (TPSA) is 62.7 Å². The maximum Gasteiger partial charge on any atom is 0.254 e. The van der Waals surface area contributed by atoms with Crippen molar-refractivity contribution in [1.29, 1.82) is 0 Å². The number of rotatable bonds is 2. The summed E-state index contributed by atoms with van der Waals surface area (Å²) in [7, 11) is 0. The van der Waals surface area contributed by atoms with Gasteiger partial charge in [-0.25, -0.2) is 0 Å². The molecule has 2 aromatic rings. The lowest BCUT2D eigenvalue weighted by Gasteiger charge is -2.37. The van der Waals surface area contributed by atoms with Gasteiger partial charge in [0.2, 0.25) is 0 Å². The number of carbonyl (C=O) groups is 1. The Morgan fingerprint density at radius 2 is 2.23 bits per heavy atom. The van der Waals surface area contributed by atoms with Crippen LogP contribution in [0.15, 0.2) is 30.3 Å². The summed E-state index contributed by atoms with van der Waals surface area (Å²) >= 11 is 0. The fourth-order valence-electron chi connectivity index (χ4n) is 2.74. The molecule has 1 aromatic heterocycles. The zero-order valence-electron chi connectivity index (χ0n) is 12.8. The van der Waals surface area contributed by atoms with Crippen molar-refractivity contribution in [3.8, 4) is 0 Å². The van der Waals surface area contributed by atoms with E-state index in [1.54, 1.807) is 4.90 Å². The summed E-state index contributed by atoms with van der Waals surface area (Å²) in [5.41, 5.74) is 2.49. The third-order valence-electron chi connectivity index (χ3n) is 4.05. The highest BCUT2D eigenvalue weighted by Crippen LogP contribution is 2.19. The van der Waals surface area contributed by atoms with Crippen LogP contribution in [0.3, 0.4) is 0 Å². The van der Waals surface area contributed by atoms with Crippen LogP contribution in [0.1, 0.15) is 23.0 Å². The van der Waals surface area contributed by atoms with Crippen LogP contribution in [0.25, 0.3) is 10.9 Å². The van der Waals surface area contributed by atoms with Crippen molar-refractivity contribution in [2.45, 2.75) is 26.0 Å². The largest absolute Gasteiger partial charge is 0.394 e. The van der Waals surface area contributed by atoms with Gasteiger partial charge in [0.25, 0.3) is 5.91 Å². The molecular weight excluding hydrogens is 280 g/mol. The summed E-state index contributed by atoms with van der Waals surface area (Å²) in [5.74, 6) is -0.0308. The van der Waals surface area contributed by atoms with Crippen LogP contribution >= 0.6 is 0 Å². The van der Waals surface area contributed by atoms with E-state index in [0.29, 0.717) is 18.7 Å². The molecule has 1 aromatic carbocycles. The lowest BCUT2D eigenvalue weighted by Crippen LogP contribution is -2.52. The summed E-state index contributed by atoms with van der Waals surface area (Å²) in [4.78, 5) is 19.0. The molecule has 5 nitrogen and oxygen atoms in total. The van der Waals surface area contributed by atoms with E-state index in [1.807, 2.05) is 44.2 Å². The molecule has 1 aliphatic rings. The lowest BCUT2D eigenvalue weighted by molar-refractivity contribution is -0.0667. The number of morpholine rings is 1.